The smallest absolute Gasteiger partial charge is 0.328 e. The molecule has 8 nitrogen and oxygen atoms in total. The Morgan fingerprint density at radius 2 is 2.18 bits per heavy atom. The number of likely N-dealkylation sites (N-methyl/N-ethyl adjacent to an activating group) is 1. The van der Waals surface area contributed by atoms with Crippen molar-refractivity contribution in [2.75, 3.05) is 20.6 Å². The summed E-state index contributed by atoms with van der Waals surface area (Å²) in [4.78, 5) is 38.4. The summed E-state index contributed by atoms with van der Waals surface area (Å²) in [5, 5.41) is 2.75. The van der Waals surface area contributed by atoms with Crippen LogP contribution in [0.15, 0.2) is 44.7 Å². The number of amides is 1. The Morgan fingerprint density at radius 1 is 1.41 bits per heavy atom. The Balaban J connectivity index is 1.97. The third-order valence-corrected chi connectivity index (χ3v) is 3.20. The molecule has 1 amide bonds. The first-order chi connectivity index (χ1) is 10.5. The summed E-state index contributed by atoms with van der Waals surface area (Å²) in [7, 11) is 3.76. The number of H-pyrrole nitrogens is 1. The van der Waals surface area contributed by atoms with Crippen LogP contribution >= 0.6 is 0 Å². The molecule has 0 aromatic carbocycles. The summed E-state index contributed by atoms with van der Waals surface area (Å²) >= 11 is 0. The molecule has 0 aliphatic carbocycles. The molecule has 118 valence electrons. The van der Waals surface area contributed by atoms with Gasteiger partial charge in [0.1, 0.15) is 12.3 Å². The fourth-order valence-corrected chi connectivity index (χ4v) is 2.01. The van der Waals surface area contributed by atoms with Crippen molar-refractivity contribution in [2.24, 2.45) is 0 Å². The van der Waals surface area contributed by atoms with Gasteiger partial charge < -0.3 is 9.73 Å². The average Bonchev–Trinajstić information content (AvgIpc) is 2.96. The van der Waals surface area contributed by atoms with Gasteiger partial charge in [0.15, 0.2) is 0 Å². The minimum Gasteiger partial charge on any atom is -0.468 e. The second-order valence-electron chi connectivity index (χ2n) is 5.04. The highest BCUT2D eigenvalue weighted by Gasteiger charge is 2.17. The van der Waals surface area contributed by atoms with E-state index in [0.29, 0.717) is 6.54 Å². The van der Waals surface area contributed by atoms with Crippen LogP contribution in [0.5, 0.6) is 0 Å². The van der Waals surface area contributed by atoms with Gasteiger partial charge in [-0.2, -0.15) is 0 Å². The van der Waals surface area contributed by atoms with Crippen molar-refractivity contribution in [2.45, 2.75) is 12.6 Å². The molecule has 2 aromatic heterocycles. The van der Waals surface area contributed by atoms with Crippen LogP contribution in [0.3, 0.4) is 0 Å². The molecule has 0 saturated heterocycles. The van der Waals surface area contributed by atoms with Crippen molar-refractivity contribution in [3.8, 4) is 0 Å². The predicted molar refractivity (Wildman–Crippen MR) is 79.5 cm³/mol. The van der Waals surface area contributed by atoms with E-state index >= 15 is 0 Å². The number of rotatable bonds is 6. The lowest BCUT2D eigenvalue weighted by atomic mass is 10.2. The van der Waals surface area contributed by atoms with Gasteiger partial charge in [0.25, 0.3) is 5.56 Å². The quantitative estimate of drug-likeness (QED) is 0.753. The maximum Gasteiger partial charge on any atom is 0.328 e. The highest BCUT2D eigenvalue weighted by molar-refractivity contribution is 5.75. The Labute approximate surface area is 126 Å². The molecule has 22 heavy (non-hydrogen) atoms. The van der Waals surface area contributed by atoms with Gasteiger partial charge in [0.05, 0.1) is 12.3 Å². The van der Waals surface area contributed by atoms with Gasteiger partial charge in [0, 0.05) is 18.8 Å². The van der Waals surface area contributed by atoms with E-state index in [0.717, 1.165) is 10.3 Å². The topological polar surface area (TPSA) is 100 Å². The van der Waals surface area contributed by atoms with Gasteiger partial charge in [-0.25, -0.2) is 4.79 Å². The summed E-state index contributed by atoms with van der Waals surface area (Å²) < 4.78 is 6.49. The minimum absolute atomic E-state index is 0.105. The number of carbonyl (C=O) groups excluding carboxylic acids is 1. The number of nitrogens with zero attached hydrogens (tertiary/aromatic N) is 2. The van der Waals surface area contributed by atoms with Crippen molar-refractivity contribution in [1.29, 1.82) is 0 Å². The van der Waals surface area contributed by atoms with Crippen LogP contribution in [-0.4, -0.2) is 41.0 Å². The van der Waals surface area contributed by atoms with E-state index in [-0.39, 0.29) is 18.5 Å². The van der Waals surface area contributed by atoms with Crippen LogP contribution in [0.1, 0.15) is 11.8 Å². The molecular weight excluding hydrogens is 288 g/mol. The molecule has 0 aliphatic heterocycles. The summed E-state index contributed by atoms with van der Waals surface area (Å²) in [5.74, 6) is 0.416. The van der Waals surface area contributed by atoms with Crippen LogP contribution in [0.2, 0.25) is 0 Å². The SMILES string of the molecule is CN(C)[C@H](CNC(=O)Cn1ccc(=O)[nH]c1=O)c1ccco1. The summed E-state index contributed by atoms with van der Waals surface area (Å²) in [5.41, 5.74) is -1.11. The third-order valence-electron chi connectivity index (χ3n) is 3.20. The van der Waals surface area contributed by atoms with Crippen molar-refractivity contribution >= 4 is 5.91 Å². The molecular formula is C14H18N4O4. The van der Waals surface area contributed by atoms with E-state index in [1.807, 2.05) is 25.1 Å². The Kier molecular flexibility index (Phi) is 4.95. The van der Waals surface area contributed by atoms with Gasteiger partial charge in [-0.15, -0.1) is 0 Å². The highest BCUT2D eigenvalue weighted by Crippen LogP contribution is 2.17. The maximum atomic E-state index is 11.9. The van der Waals surface area contributed by atoms with Crippen LogP contribution in [-0.2, 0) is 11.3 Å². The molecule has 2 N–H and O–H groups in total. The molecule has 0 saturated carbocycles. The van der Waals surface area contributed by atoms with E-state index in [2.05, 4.69) is 10.3 Å². The van der Waals surface area contributed by atoms with E-state index in [1.165, 1.54) is 12.3 Å². The fourth-order valence-electron chi connectivity index (χ4n) is 2.01. The zero-order valence-corrected chi connectivity index (χ0v) is 12.4. The van der Waals surface area contributed by atoms with Crippen molar-refractivity contribution < 1.29 is 9.21 Å². The largest absolute Gasteiger partial charge is 0.468 e. The Hall–Kier alpha value is -2.61. The minimum atomic E-state index is -0.613. The maximum absolute atomic E-state index is 11.9. The lowest BCUT2D eigenvalue weighted by Crippen LogP contribution is -2.38. The average molecular weight is 306 g/mol. The third kappa shape index (κ3) is 3.95. The number of hydrogen-bond donors (Lipinski definition) is 2. The first kappa shape index (κ1) is 15.8. The normalized spacial score (nSPS) is 12.3. The Morgan fingerprint density at radius 3 is 2.77 bits per heavy atom. The Bertz CT molecular complexity index is 730. The predicted octanol–water partition coefficient (Wildman–Crippen LogP) is -0.451. The van der Waals surface area contributed by atoms with E-state index in [9.17, 15) is 14.4 Å². The van der Waals surface area contributed by atoms with Gasteiger partial charge >= 0.3 is 5.69 Å². The van der Waals surface area contributed by atoms with Gasteiger partial charge in [-0.3, -0.25) is 24.0 Å². The molecule has 0 unspecified atom stereocenters. The molecule has 2 aromatic rings. The standard InChI is InChI=1S/C14H18N4O4/c1-17(2)10(11-4-3-7-22-11)8-15-13(20)9-18-6-5-12(19)16-14(18)21/h3-7,10H,8-9H2,1-2H3,(H,15,20)(H,16,19,21)/t10-/m1/s1. The first-order valence-electron chi connectivity index (χ1n) is 6.73. The van der Waals surface area contributed by atoms with E-state index < -0.39 is 11.2 Å². The molecule has 0 spiro atoms. The van der Waals surface area contributed by atoms with Crippen molar-refractivity contribution in [3.63, 3.8) is 0 Å². The van der Waals surface area contributed by atoms with Crippen LogP contribution in [0.25, 0.3) is 0 Å². The molecule has 2 rings (SSSR count). The van der Waals surface area contributed by atoms with Crippen LogP contribution < -0.4 is 16.6 Å². The summed E-state index contributed by atoms with van der Waals surface area (Å²) in [6.07, 6.45) is 2.87. The lowest BCUT2D eigenvalue weighted by molar-refractivity contribution is -0.122. The monoisotopic (exact) mass is 306 g/mol. The second-order valence-corrected chi connectivity index (χ2v) is 5.04. The molecule has 0 aliphatic rings. The number of hydrogen-bond acceptors (Lipinski definition) is 5. The number of furan rings is 1. The molecule has 1 atom stereocenters. The summed E-state index contributed by atoms with van der Waals surface area (Å²) in [6, 6.07) is 4.71. The molecule has 0 bridgehead atoms. The van der Waals surface area contributed by atoms with Crippen LogP contribution in [0.4, 0.5) is 0 Å². The molecule has 2 heterocycles. The van der Waals surface area contributed by atoms with Crippen molar-refractivity contribution in [1.82, 2.24) is 19.8 Å². The number of aromatic nitrogens is 2. The number of carbonyl (C=O) groups is 1. The highest BCUT2D eigenvalue weighted by atomic mass is 16.3. The lowest BCUT2D eigenvalue weighted by Gasteiger charge is -2.22. The molecule has 0 radical (unpaired) electrons. The van der Waals surface area contributed by atoms with Gasteiger partial charge in [-0.1, -0.05) is 0 Å². The van der Waals surface area contributed by atoms with Crippen LogP contribution in [0, 0.1) is 0 Å². The van der Waals surface area contributed by atoms with Gasteiger partial charge in [-0.05, 0) is 26.2 Å². The van der Waals surface area contributed by atoms with Crippen molar-refractivity contribution in [3.05, 3.63) is 57.3 Å². The number of aromatic amines is 1. The zero-order valence-electron chi connectivity index (χ0n) is 12.4. The number of nitrogens with one attached hydrogen (secondary N) is 2. The van der Waals surface area contributed by atoms with Gasteiger partial charge in [0.2, 0.25) is 5.91 Å². The fraction of sp³-hybridized carbons (Fsp3) is 0.357. The second kappa shape index (κ2) is 6.90. The zero-order chi connectivity index (χ0) is 16.1. The first-order valence-corrected chi connectivity index (χ1v) is 6.73. The molecule has 8 heteroatoms. The summed E-state index contributed by atoms with van der Waals surface area (Å²) in [6.45, 7) is 0.186. The van der Waals surface area contributed by atoms with E-state index in [4.69, 9.17) is 4.42 Å². The van der Waals surface area contributed by atoms with E-state index in [1.54, 1.807) is 12.3 Å². The molecule has 0 fully saturated rings.